The summed E-state index contributed by atoms with van der Waals surface area (Å²) in [5.41, 5.74) is 1.39. The molecule has 3 rings (SSSR count). The van der Waals surface area contributed by atoms with Crippen LogP contribution in [-0.4, -0.2) is 36.1 Å². The summed E-state index contributed by atoms with van der Waals surface area (Å²) in [7, 11) is 1.28. The highest BCUT2D eigenvalue weighted by atomic mass is 19.1. The predicted octanol–water partition coefficient (Wildman–Crippen LogP) is 2.75. The van der Waals surface area contributed by atoms with Crippen LogP contribution in [0.25, 0.3) is 10.9 Å². The fourth-order valence-corrected chi connectivity index (χ4v) is 2.71. The molecule has 0 spiro atoms. The van der Waals surface area contributed by atoms with Gasteiger partial charge in [0.15, 0.2) is 6.61 Å². The first-order chi connectivity index (χ1) is 13.5. The Kier molecular flexibility index (Phi) is 5.69. The van der Waals surface area contributed by atoms with Crippen molar-refractivity contribution < 1.29 is 28.2 Å². The van der Waals surface area contributed by atoms with Gasteiger partial charge in [0.05, 0.1) is 12.7 Å². The minimum atomic E-state index is -0.647. The van der Waals surface area contributed by atoms with E-state index >= 15 is 0 Å². The summed E-state index contributed by atoms with van der Waals surface area (Å²) in [4.78, 5) is 35.9. The average Bonchev–Trinajstić information content (AvgIpc) is 3.06. The van der Waals surface area contributed by atoms with Gasteiger partial charge in [-0.1, -0.05) is 18.2 Å². The van der Waals surface area contributed by atoms with Crippen molar-refractivity contribution in [1.82, 2.24) is 4.57 Å². The number of anilines is 1. The number of nitrogens with zero attached hydrogens (tertiary/aromatic N) is 1. The van der Waals surface area contributed by atoms with Crippen molar-refractivity contribution in [1.29, 1.82) is 0 Å². The molecule has 3 aromatic rings. The zero-order valence-corrected chi connectivity index (χ0v) is 15.0. The van der Waals surface area contributed by atoms with Crippen LogP contribution in [0.2, 0.25) is 0 Å². The van der Waals surface area contributed by atoms with E-state index in [9.17, 15) is 18.8 Å². The Labute approximate surface area is 159 Å². The lowest BCUT2D eigenvalue weighted by Crippen LogP contribution is -2.22. The van der Waals surface area contributed by atoms with Gasteiger partial charge in [0.25, 0.3) is 5.91 Å². The molecular formula is C20H17FN2O5. The highest BCUT2D eigenvalue weighted by Crippen LogP contribution is 2.22. The molecule has 1 aromatic heterocycles. The lowest BCUT2D eigenvalue weighted by atomic mass is 10.2. The molecule has 0 aliphatic rings. The van der Waals surface area contributed by atoms with Crippen LogP contribution >= 0.6 is 0 Å². The van der Waals surface area contributed by atoms with Crippen LogP contribution < -0.4 is 5.32 Å². The largest absolute Gasteiger partial charge is 0.465 e. The maximum absolute atomic E-state index is 12.9. The normalized spacial score (nSPS) is 10.5. The van der Waals surface area contributed by atoms with Crippen molar-refractivity contribution in [2.75, 3.05) is 19.0 Å². The van der Waals surface area contributed by atoms with Gasteiger partial charge in [0.1, 0.15) is 12.4 Å². The van der Waals surface area contributed by atoms with E-state index in [0.29, 0.717) is 22.2 Å². The van der Waals surface area contributed by atoms with E-state index in [0.717, 1.165) is 0 Å². The summed E-state index contributed by atoms with van der Waals surface area (Å²) < 4.78 is 24.2. The summed E-state index contributed by atoms with van der Waals surface area (Å²) in [6.07, 6.45) is 1.51. The molecule has 8 heteroatoms. The fraction of sp³-hybridized carbons (Fsp3) is 0.150. The Morgan fingerprint density at radius 1 is 1.07 bits per heavy atom. The molecule has 144 valence electrons. The Balaban J connectivity index is 1.62. The van der Waals surface area contributed by atoms with Crippen molar-refractivity contribution in [3.8, 4) is 0 Å². The Morgan fingerprint density at radius 3 is 2.50 bits per heavy atom. The van der Waals surface area contributed by atoms with Gasteiger partial charge in [-0.15, -0.1) is 0 Å². The van der Waals surface area contributed by atoms with E-state index < -0.39 is 30.3 Å². The monoisotopic (exact) mass is 384 g/mol. The number of hydrogen-bond donors (Lipinski definition) is 1. The van der Waals surface area contributed by atoms with Gasteiger partial charge in [-0.3, -0.25) is 9.59 Å². The molecule has 1 N–H and O–H groups in total. The van der Waals surface area contributed by atoms with Crippen LogP contribution in [0.15, 0.2) is 54.7 Å². The number of aromatic nitrogens is 1. The van der Waals surface area contributed by atoms with Crippen molar-refractivity contribution in [3.63, 3.8) is 0 Å². The minimum Gasteiger partial charge on any atom is -0.465 e. The molecule has 0 radical (unpaired) electrons. The van der Waals surface area contributed by atoms with Crippen LogP contribution in [0.1, 0.15) is 10.4 Å². The number of rotatable bonds is 6. The highest BCUT2D eigenvalue weighted by Gasteiger charge is 2.17. The quantitative estimate of drug-likeness (QED) is 0.661. The lowest BCUT2D eigenvalue weighted by molar-refractivity contribution is -0.147. The summed E-state index contributed by atoms with van der Waals surface area (Å²) in [6.45, 7) is -0.666. The topological polar surface area (TPSA) is 86.6 Å². The Hall–Kier alpha value is -3.68. The summed E-state index contributed by atoms with van der Waals surface area (Å²) in [5, 5.41) is 3.14. The highest BCUT2D eigenvalue weighted by molar-refractivity contribution is 6.04. The number of esters is 2. The molecule has 0 saturated carbocycles. The third-order valence-corrected chi connectivity index (χ3v) is 3.99. The minimum absolute atomic E-state index is 0.179. The van der Waals surface area contributed by atoms with E-state index in [-0.39, 0.29) is 6.54 Å². The molecule has 2 aromatic carbocycles. The fourth-order valence-electron chi connectivity index (χ4n) is 2.71. The van der Waals surface area contributed by atoms with E-state index in [2.05, 4.69) is 5.32 Å². The van der Waals surface area contributed by atoms with Crippen molar-refractivity contribution in [2.45, 2.75) is 6.54 Å². The summed E-state index contributed by atoms with van der Waals surface area (Å²) >= 11 is 0. The molecule has 0 fully saturated rings. The molecule has 28 heavy (non-hydrogen) atoms. The first-order valence-electron chi connectivity index (χ1n) is 8.35. The van der Waals surface area contributed by atoms with E-state index in [1.54, 1.807) is 28.8 Å². The van der Waals surface area contributed by atoms with Crippen molar-refractivity contribution in [3.05, 3.63) is 66.1 Å². The van der Waals surface area contributed by atoms with E-state index in [1.165, 1.54) is 37.6 Å². The Bertz CT molecular complexity index is 1030. The maximum Gasteiger partial charge on any atom is 0.340 e. The molecule has 1 amide bonds. The average molecular weight is 384 g/mol. The van der Waals surface area contributed by atoms with E-state index in [4.69, 9.17) is 9.47 Å². The Morgan fingerprint density at radius 2 is 1.79 bits per heavy atom. The molecule has 7 nitrogen and oxygen atoms in total. The number of nitrogens with one attached hydrogen (secondary N) is 1. The van der Waals surface area contributed by atoms with Gasteiger partial charge < -0.3 is 19.4 Å². The molecule has 0 bridgehead atoms. The second-order valence-electron chi connectivity index (χ2n) is 5.90. The number of para-hydroxylation sites is 1. The number of fused-ring (bicyclic) bond motifs is 1. The number of carbonyl (C=O) groups excluding carboxylic acids is 3. The van der Waals surface area contributed by atoms with Crippen molar-refractivity contribution >= 4 is 34.4 Å². The first kappa shape index (κ1) is 19.1. The number of hydrogen-bond acceptors (Lipinski definition) is 5. The number of carbonyl (C=O) groups is 3. The SMILES string of the molecule is COC(=O)c1cn(CC(=O)OCC(=O)Nc2ccc(F)cc2)c2ccccc12. The number of benzene rings is 2. The number of amides is 1. The second kappa shape index (κ2) is 8.34. The van der Waals surface area contributed by atoms with E-state index in [1.807, 2.05) is 0 Å². The van der Waals surface area contributed by atoms with Crippen LogP contribution in [0.3, 0.4) is 0 Å². The number of methoxy groups -OCH3 is 1. The van der Waals surface area contributed by atoms with Gasteiger partial charge in [-0.05, 0) is 30.3 Å². The smallest absolute Gasteiger partial charge is 0.340 e. The predicted molar refractivity (Wildman–Crippen MR) is 99.3 cm³/mol. The zero-order chi connectivity index (χ0) is 20.1. The van der Waals surface area contributed by atoms with Gasteiger partial charge in [0, 0.05) is 22.8 Å². The molecule has 0 saturated heterocycles. The zero-order valence-electron chi connectivity index (χ0n) is 15.0. The van der Waals surface area contributed by atoms with Crippen LogP contribution in [0.5, 0.6) is 0 Å². The molecule has 0 atom stereocenters. The van der Waals surface area contributed by atoms with Gasteiger partial charge in [0.2, 0.25) is 0 Å². The van der Waals surface area contributed by atoms with Crippen LogP contribution in [-0.2, 0) is 25.6 Å². The molecule has 0 aliphatic carbocycles. The second-order valence-corrected chi connectivity index (χ2v) is 5.90. The first-order valence-corrected chi connectivity index (χ1v) is 8.35. The molecule has 0 unspecified atom stereocenters. The van der Waals surface area contributed by atoms with Gasteiger partial charge in [-0.2, -0.15) is 0 Å². The third kappa shape index (κ3) is 4.35. The molecule has 0 aliphatic heterocycles. The van der Waals surface area contributed by atoms with Crippen molar-refractivity contribution in [2.24, 2.45) is 0 Å². The lowest BCUT2D eigenvalue weighted by Gasteiger charge is -2.08. The summed E-state index contributed by atoms with van der Waals surface area (Å²) in [6, 6.07) is 12.3. The molecule has 1 heterocycles. The van der Waals surface area contributed by atoms with Gasteiger partial charge in [-0.25, -0.2) is 9.18 Å². The standard InChI is InChI=1S/C20H17FN2O5/c1-27-20(26)16-10-23(17-5-3-2-4-15(16)17)11-19(25)28-12-18(24)22-14-8-6-13(21)7-9-14/h2-10H,11-12H2,1H3,(H,22,24). The van der Waals surface area contributed by atoms with Gasteiger partial charge >= 0.3 is 11.9 Å². The van der Waals surface area contributed by atoms with Crippen LogP contribution in [0, 0.1) is 5.82 Å². The third-order valence-electron chi connectivity index (χ3n) is 3.99. The summed E-state index contributed by atoms with van der Waals surface area (Å²) in [5.74, 6) is -2.13. The van der Waals surface area contributed by atoms with Crippen LogP contribution in [0.4, 0.5) is 10.1 Å². The number of halogens is 1. The number of ether oxygens (including phenoxy) is 2. The maximum atomic E-state index is 12.9. The molecular weight excluding hydrogens is 367 g/mol.